The highest BCUT2D eigenvalue weighted by atomic mass is 35.5. The number of halogens is 1. The molecule has 0 radical (unpaired) electrons. The first kappa shape index (κ1) is 18.4. The molecule has 1 atom stereocenters. The largest absolute Gasteiger partial charge is 0.342 e. The number of carbonyl (C=O) groups is 1. The Kier molecular flexibility index (Phi) is 4.69. The van der Waals surface area contributed by atoms with Gasteiger partial charge in [-0.25, -0.2) is 9.97 Å². The normalized spacial score (nSPS) is 12.3. The lowest BCUT2D eigenvalue weighted by atomic mass is 10.1. The molecule has 0 aliphatic heterocycles. The quantitative estimate of drug-likeness (QED) is 0.385. The van der Waals surface area contributed by atoms with E-state index in [1.807, 2.05) is 48.5 Å². The highest BCUT2D eigenvalue weighted by Gasteiger charge is 2.21. The number of benzene rings is 3. The predicted octanol–water partition coefficient (Wildman–Crippen LogP) is 4.81. The minimum absolute atomic E-state index is 0.223. The van der Waals surface area contributed by atoms with Crippen LogP contribution in [-0.2, 0) is 6.42 Å². The van der Waals surface area contributed by atoms with Gasteiger partial charge in [-0.05, 0) is 42.5 Å². The van der Waals surface area contributed by atoms with Crippen molar-refractivity contribution >= 4 is 39.6 Å². The fraction of sp³-hybridized carbons (Fsp3) is 0.0870. The van der Waals surface area contributed by atoms with Gasteiger partial charge < -0.3 is 15.3 Å². The lowest BCUT2D eigenvalue weighted by molar-refractivity contribution is 0.0934. The van der Waals surface area contributed by atoms with Crippen LogP contribution in [0.1, 0.15) is 28.0 Å². The fourth-order valence-corrected chi connectivity index (χ4v) is 3.71. The van der Waals surface area contributed by atoms with Crippen molar-refractivity contribution in [3.05, 3.63) is 95.0 Å². The summed E-state index contributed by atoms with van der Waals surface area (Å²) in [4.78, 5) is 28.9. The van der Waals surface area contributed by atoms with Crippen molar-refractivity contribution < 1.29 is 4.79 Å². The summed E-state index contributed by atoms with van der Waals surface area (Å²) in [6.07, 6.45) is 0.459. The first-order valence-electron chi connectivity index (χ1n) is 9.60. The Bertz CT molecular complexity index is 1290. The molecule has 30 heavy (non-hydrogen) atoms. The van der Waals surface area contributed by atoms with Crippen LogP contribution in [0.15, 0.2) is 72.8 Å². The number of hydrogen-bond acceptors (Lipinski definition) is 3. The third-order valence-electron chi connectivity index (χ3n) is 4.97. The molecule has 2 heterocycles. The molecule has 2 aromatic heterocycles. The SMILES string of the molecule is O=C(NC(Cc1nc2ccccc2[nH]1)c1nc2ccccc2[nH]1)c1cccc(Cl)c1. The highest BCUT2D eigenvalue weighted by molar-refractivity contribution is 6.30. The maximum absolute atomic E-state index is 12.9. The molecule has 7 heteroatoms. The van der Waals surface area contributed by atoms with Gasteiger partial charge in [-0.1, -0.05) is 41.9 Å². The zero-order valence-electron chi connectivity index (χ0n) is 15.9. The van der Waals surface area contributed by atoms with Crippen LogP contribution in [0, 0.1) is 0 Å². The van der Waals surface area contributed by atoms with Crippen LogP contribution in [0.5, 0.6) is 0 Å². The number of rotatable bonds is 5. The molecule has 3 aromatic carbocycles. The number of amides is 1. The molecule has 1 unspecified atom stereocenters. The van der Waals surface area contributed by atoms with Crippen molar-refractivity contribution in [2.24, 2.45) is 0 Å². The van der Waals surface area contributed by atoms with Gasteiger partial charge >= 0.3 is 0 Å². The van der Waals surface area contributed by atoms with Gasteiger partial charge in [0.25, 0.3) is 5.91 Å². The number of aromatic nitrogens is 4. The molecule has 0 saturated carbocycles. The van der Waals surface area contributed by atoms with Gasteiger partial charge in [0.15, 0.2) is 0 Å². The summed E-state index contributed by atoms with van der Waals surface area (Å²) >= 11 is 6.06. The van der Waals surface area contributed by atoms with Crippen LogP contribution in [0.3, 0.4) is 0 Å². The third kappa shape index (κ3) is 3.65. The molecule has 148 valence electrons. The molecule has 5 rings (SSSR count). The molecule has 3 N–H and O–H groups in total. The molecule has 0 spiro atoms. The average Bonchev–Trinajstić information content (AvgIpc) is 3.36. The second-order valence-corrected chi connectivity index (χ2v) is 7.52. The zero-order valence-corrected chi connectivity index (χ0v) is 16.6. The summed E-state index contributed by atoms with van der Waals surface area (Å²) in [6, 6.07) is 22.1. The molecule has 0 bridgehead atoms. The van der Waals surface area contributed by atoms with Crippen LogP contribution < -0.4 is 5.32 Å². The van der Waals surface area contributed by atoms with E-state index in [0.29, 0.717) is 22.8 Å². The van der Waals surface area contributed by atoms with E-state index in [1.54, 1.807) is 24.3 Å². The van der Waals surface area contributed by atoms with Crippen molar-refractivity contribution in [3.63, 3.8) is 0 Å². The van der Waals surface area contributed by atoms with Crippen molar-refractivity contribution in [1.29, 1.82) is 0 Å². The van der Waals surface area contributed by atoms with Gasteiger partial charge in [0.2, 0.25) is 0 Å². The first-order valence-corrected chi connectivity index (χ1v) is 9.98. The summed E-state index contributed by atoms with van der Waals surface area (Å²) in [6.45, 7) is 0. The van der Waals surface area contributed by atoms with E-state index < -0.39 is 6.04 Å². The zero-order chi connectivity index (χ0) is 20.5. The van der Waals surface area contributed by atoms with Crippen molar-refractivity contribution in [1.82, 2.24) is 25.3 Å². The second-order valence-electron chi connectivity index (χ2n) is 7.08. The molecule has 0 saturated heterocycles. The van der Waals surface area contributed by atoms with E-state index >= 15 is 0 Å². The number of hydrogen-bond donors (Lipinski definition) is 3. The number of fused-ring (bicyclic) bond motifs is 2. The second kappa shape index (κ2) is 7.65. The van der Waals surface area contributed by atoms with E-state index in [-0.39, 0.29) is 5.91 Å². The number of nitrogens with zero attached hydrogens (tertiary/aromatic N) is 2. The van der Waals surface area contributed by atoms with Crippen molar-refractivity contribution in [2.45, 2.75) is 12.5 Å². The Morgan fingerprint density at radius 3 is 2.30 bits per heavy atom. The van der Waals surface area contributed by atoms with Gasteiger partial charge in [-0.15, -0.1) is 0 Å². The minimum Gasteiger partial charge on any atom is -0.342 e. The molecule has 0 aliphatic rings. The van der Waals surface area contributed by atoms with Crippen LogP contribution in [0.4, 0.5) is 0 Å². The summed E-state index contributed by atoms with van der Waals surface area (Å²) in [5.74, 6) is 1.22. The van der Waals surface area contributed by atoms with Crippen LogP contribution in [0.2, 0.25) is 5.02 Å². The van der Waals surface area contributed by atoms with E-state index in [2.05, 4.69) is 25.3 Å². The smallest absolute Gasteiger partial charge is 0.251 e. The number of H-pyrrole nitrogens is 2. The molecule has 5 aromatic rings. The van der Waals surface area contributed by atoms with Gasteiger partial charge in [-0.3, -0.25) is 4.79 Å². The summed E-state index contributed by atoms with van der Waals surface area (Å²) in [7, 11) is 0. The monoisotopic (exact) mass is 415 g/mol. The number of nitrogens with one attached hydrogen (secondary N) is 3. The Balaban J connectivity index is 1.50. The van der Waals surface area contributed by atoms with Crippen molar-refractivity contribution in [2.75, 3.05) is 0 Å². The number of para-hydroxylation sites is 4. The molecular weight excluding hydrogens is 398 g/mol. The number of aromatic amines is 2. The van der Waals surface area contributed by atoms with Gasteiger partial charge in [0.1, 0.15) is 11.6 Å². The van der Waals surface area contributed by atoms with E-state index in [0.717, 1.165) is 27.9 Å². The summed E-state index contributed by atoms with van der Waals surface area (Å²) in [5, 5.41) is 3.59. The Hall–Kier alpha value is -3.64. The van der Waals surface area contributed by atoms with Gasteiger partial charge in [0.05, 0.1) is 28.1 Å². The standard InChI is InChI=1S/C23H18ClN5O/c24-15-7-5-6-14(12-15)23(30)29-20(22-27-18-10-3-4-11-19(18)28-22)13-21-25-16-8-1-2-9-17(16)26-21/h1-12,20H,13H2,(H,25,26)(H,27,28)(H,29,30). The molecule has 1 amide bonds. The van der Waals surface area contributed by atoms with Crippen LogP contribution in [0.25, 0.3) is 22.1 Å². The molecule has 6 nitrogen and oxygen atoms in total. The lowest BCUT2D eigenvalue weighted by Gasteiger charge is -2.16. The predicted molar refractivity (Wildman–Crippen MR) is 118 cm³/mol. The van der Waals surface area contributed by atoms with Crippen LogP contribution >= 0.6 is 11.6 Å². The lowest BCUT2D eigenvalue weighted by Crippen LogP contribution is -2.31. The molecule has 0 fully saturated rings. The van der Waals surface area contributed by atoms with E-state index in [1.165, 1.54) is 0 Å². The first-order chi connectivity index (χ1) is 14.7. The number of carbonyl (C=O) groups excluding carboxylic acids is 1. The third-order valence-corrected chi connectivity index (χ3v) is 5.20. The Labute approximate surface area is 177 Å². The van der Waals surface area contributed by atoms with Crippen LogP contribution in [-0.4, -0.2) is 25.8 Å². The van der Waals surface area contributed by atoms with Gasteiger partial charge in [0, 0.05) is 17.0 Å². The minimum atomic E-state index is -0.399. The number of imidazole rings is 2. The van der Waals surface area contributed by atoms with E-state index in [9.17, 15) is 4.79 Å². The average molecular weight is 416 g/mol. The Morgan fingerprint density at radius 2 is 1.60 bits per heavy atom. The maximum atomic E-state index is 12.9. The molecular formula is C23H18ClN5O. The van der Waals surface area contributed by atoms with Gasteiger partial charge in [-0.2, -0.15) is 0 Å². The molecule has 0 aliphatic carbocycles. The highest BCUT2D eigenvalue weighted by Crippen LogP contribution is 2.21. The van der Waals surface area contributed by atoms with E-state index in [4.69, 9.17) is 11.6 Å². The topological polar surface area (TPSA) is 86.5 Å². The summed E-state index contributed by atoms with van der Waals surface area (Å²) < 4.78 is 0. The van der Waals surface area contributed by atoms with Crippen molar-refractivity contribution in [3.8, 4) is 0 Å². The fourth-order valence-electron chi connectivity index (χ4n) is 3.52. The summed E-state index contributed by atoms with van der Waals surface area (Å²) in [5.41, 5.74) is 4.10. The Morgan fingerprint density at radius 1 is 0.900 bits per heavy atom. The maximum Gasteiger partial charge on any atom is 0.251 e.